The SMILES string of the molecule is O=C(NCCc1ncn[nH]1)c1cc(I)ccc1Br. The Morgan fingerprint density at radius 3 is 3.06 bits per heavy atom. The van der Waals surface area contributed by atoms with Crippen molar-refractivity contribution in [1.82, 2.24) is 20.5 Å². The first kappa shape index (κ1) is 13.5. The first-order valence-electron chi connectivity index (χ1n) is 5.24. The minimum Gasteiger partial charge on any atom is -0.352 e. The van der Waals surface area contributed by atoms with Gasteiger partial charge in [-0.1, -0.05) is 0 Å². The van der Waals surface area contributed by atoms with Crippen molar-refractivity contribution in [3.63, 3.8) is 0 Å². The van der Waals surface area contributed by atoms with Crippen LogP contribution in [-0.4, -0.2) is 27.6 Å². The van der Waals surface area contributed by atoms with Gasteiger partial charge in [0.1, 0.15) is 12.2 Å². The van der Waals surface area contributed by atoms with Gasteiger partial charge in [-0.05, 0) is 56.7 Å². The number of carbonyl (C=O) groups excluding carboxylic acids is 1. The van der Waals surface area contributed by atoms with Gasteiger partial charge >= 0.3 is 0 Å². The van der Waals surface area contributed by atoms with Gasteiger partial charge in [-0.3, -0.25) is 9.89 Å². The molecule has 0 aliphatic rings. The summed E-state index contributed by atoms with van der Waals surface area (Å²) < 4.78 is 1.82. The number of nitrogens with one attached hydrogen (secondary N) is 2. The van der Waals surface area contributed by atoms with E-state index in [0.717, 1.165) is 13.9 Å². The van der Waals surface area contributed by atoms with Gasteiger partial charge in [0, 0.05) is 21.0 Å². The Bertz CT molecular complexity index is 544. The van der Waals surface area contributed by atoms with E-state index < -0.39 is 0 Å². The zero-order chi connectivity index (χ0) is 13.0. The third-order valence-corrected chi connectivity index (χ3v) is 3.65. The number of nitrogens with zero attached hydrogens (tertiary/aromatic N) is 2. The Morgan fingerprint density at radius 2 is 2.33 bits per heavy atom. The summed E-state index contributed by atoms with van der Waals surface area (Å²) in [7, 11) is 0. The second-order valence-corrected chi connectivity index (χ2v) is 5.66. The maximum atomic E-state index is 12.0. The van der Waals surface area contributed by atoms with Crippen molar-refractivity contribution in [2.24, 2.45) is 0 Å². The molecule has 0 aliphatic heterocycles. The Kier molecular flexibility index (Phi) is 4.70. The van der Waals surface area contributed by atoms with Crippen LogP contribution in [0.2, 0.25) is 0 Å². The van der Waals surface area contributed by atoms with Gasteiger partial charge in [-0.25, -0.2) is 4.98 Å². The topological polar surface area (TPSA) is 70.7 Å². The Labute approximate surface area is 126 Å². The molecule has 0 unspecified atom stereocenters. The third-order valence-electron chi connectivity index (χ3n) is 2.29. The maximum Gasteiger partial charge on any atom is 0.252 e. The molecule has 0 atom stereocenters. The summed E-state index contributed by atoms with van der Waals surface area (Å²) in [6, 6.07) is 5.65. The number of halogens is 2. The fourth-order valence-electron chi connectivity index (χ4n) is 1.41. The van der Waals surface area contributed by atoms with Crippen molar-refractivity contribution in [2.75, 3.05) is 6.54 Å². The van der Waals surface area contributed by atoms with Gasteiger partial charge in [0.2, 0.25) is 0 Å². The lowest BCUT2D eigenvalue weighted by atomic mass is 10.2. The van der Waals surface area contributed by atoms with Crippen molar-refractivity contribution < 1.29 is 4.79 Å². The number of hydrogen-bond acceptors (Lipinski definition) is 3. The highest BCUT2D eigenvalue weighted by atomic mass is 127. The molecule has 1 aromatic heterocycles. The van der Waals surface area contributed by atoms with Gasteiger partial charge in [-0.15, -0.1) is 0 Å². The largest absolute Gasteiger partial charge is 0.352 e. The van der Waals surface area contributed by atoms with E-state index in [2.05, 4.69) is 59.0 Å². The van der Waals surface area contributed by atoms with Crippen molar-refractivity contribution in [3.8, 4) is 0 Å². The molecule has 0 fully saturated rings. The summed E-state index contributed by atoms with van der Waals surface area (Å²) in [6.07, 6.45) is 2.08. The van der Waals surface area contributed by atoms with Crippen molar-refractivity contribution in [2.45, 2.75) is 6.42 Å². The zero-order valence-electron chi connectivity index (χ0n) is 9.28. The molecule has 0 spiro atoms. The molecule has 18 heavy (non-hydrogen) atoms. The van der Waals surface area contributed by atoms with Gasteiger partial charge in [0.15, 0.2) is 0 Å². The monoisotopic (exact) mass is 420 g/mol. The number of benzene rings is 1. The smallest absolute Gasteiger partial charge is 0.252 e. The molecule has 1 heterocycles. The summed E-state index contributed by atoms with van der Waals surface area (Å²) in [4.78, 5) is 15.9. The van der Waals surface area contributed by atoms with Crippen molar-refractivity contribution >= 4 is 44.4 Å². The standard InChI is InChI=1S/C11H10BrIN4O/c12-9-2-1-7(13)5-8(9)11(18)14-4-3-10-15-6-16-17-10/h1-2,5-6H,3-4H2,(H,14,18)(H,15,16,17). The second-order valence-electron chi connectivity index (χ2n) is 3.56. The van der Waals surface area contributed by atoms with Crippen LogP contribution in [-0.2, 0) is 6.42 Å². The molecule has 7 heteroatoms. The molecule has 0 bridgehead atoms. The molecule has 0 aliphatic carbocycles. The van der Waals surface area contributed by atoms with Crippen LogP contribution in [0.3, 0.4) is 0 Å². The fraction of sp³-hybridized carbons (Fsp3) is 0.182. The molecular formula is C11H10BrIN4O. The van der Waals surface area contributed by atoms with Gasteiger partial charge in [0.05, 0.1) is 5.56 Å². The molecule has 94 valence electrons. The van der Waals surface area contributed by atoms with E-state index in [9.17, 15) is 4.79 Å². The molecular weight excluding hydrogens is 411 g/mol. The molecule has 5 nitrogen and oxygen atoms in total. The molecule has 0 saturated heterocycles. The van der Waals surface area contributed by atoms with E-state index in [1.807, 2.05) is 18.2 Å². The predicted molar refractivity (Wildman–Crippen MR) is 79.3 cm³/mol. The van der Waals surface area contributed by atoms with Gasteiger partial charge in [-0.2, -0.15) is 5.10 Å². The molecule has 0 radical (unpaired) electrons. The molecule has 1 amide bonds. The average molecular weight is 421 g/mol. The fourth-order valence-corrected chi connectivity index (χ4v) is 2.33. The van der Waals surface area contributed by atoms with Gasteiger partial charge in [0.25, 0.3) is 5.91 Å². The van der Waals surface area contributed by atoms with Crippen LogP contribution in [0, 0.1) is 3.57 Å². The van der Waals surface area contributed by atoms with Crippen LogP contribution in [0.5, 0.6) is 0 Å². The van der Waals surface area contributed by atoms with Crippen LogP contribution in [0.4, 0.5) is 0 Å². The Hall–Kier alpha value is -0.960. The molecule has 1 aromatic carbocycles. The number of aromatic amines is 1. The average Bonchev–Trinajstić information content (AvgIpc) is 2.85. The van der Waals surface area contributed by atoms with E-state index in [1.54, 1.807) is 0 Å². The van der Waals surface area contributed by atoms with E-state index in [1.165, 1.54) is 6.33 Å². The molecule has 0 saturated carbocycles. The molecule has 2 aromatic rings. The minimum atomic E-state index is -0.0973. The number of hydrogen-bond donors (Lipinski definition) is 2. The van der Waals surface area contributed by atoms with Crippen LogP contribution >= 0.6 is 38.5 Å². The Morgan fingerprint density at radius 1 is 1.50 bits per heavy atom. The summed E-state index contributed by atoms with van der Waals surface area (Å²) in [5.41, 5.74) is 0.638. The van der Waals surface area contributed by atoms with E-state index in [0.29, 0.717) is 18.5 Å². The summed E-state index contributed by atoms with van der Waals surface area (Å²) in [6.45, 7) is 0.520. The van der Waals surface area contributed by atoms with Crippen LogP contribution in [0.25, 0.3) is 0 Å². The van der Waals surface area contributed by atoms with Crippen LogP contribution < -0.4 is 5.32 Å². The van der Waals surface area contributed by atoms with E-state index in [-0.39, 0.29) is 5.91 Å². The van der Waals surface area contributed by atoms with Crippen LogP contribution in [0.1, 0.15) is 16.2 Å². The lowest BCUT2D eigenvalue weighted by Crippen LogP contribution is -2.26. The Balaban J connectivity index is 1.93. The summed E-state index contributed by atoms with van der Waals surface area (Å²) in [5.74, 6) is 0.664. The number of amides is 1. The normalized spacial score (nSPS) is 10.3. The molecule has 2 N–H and O–H groups in total. The lowest BCUT2D eigenvalue weighted by molar-refractivity contribution is 0.0953. The maximum absolute atomic E-state index is 12.0. The summed E-state index contributed by atoms with van der Waals surface area (Å²) in [5, 5.41) is 9.34. The molecule has 2 rings (SSSR count). The lowest BCUT2D eigenvalue weighted by Gasteiger charge is -2.06. The first-order chi connectivity index (χ1) is 8.66. The third kappa shape index (κ3) is 3.52. The number of rotatable bonds is 4. The number of aromatic nitrogens is 3. The second kappa shape index (κ2) is 6.28. The van der Waals surface area contributed by atoms with Crippen molar-refractivity contribution in [3.05, 3.63) is 44.0 Å². The van der Waals surface area contributed by atoms with E-state index >= 15 is 0 Å². The highest BCUT2D eigenvalue weighted by Crippen LogP contribution is 2.19. The number of H-pyrrole nitrogens is 1. The zero-order valence-corrected chi connectivity index (χ0v) is 13.0. The minimum absolute atomic E-state index is 0.0973. The highest BCUT2D eigenvalue weighted by Gasteiger charge is 2.10. The first-order valence-corrected chi connectivity index (χ1v) is 7.11. The van der Waals surface area contributed by atoms with E-state index in [4.69, 9.17) is 0 Å². The summed E-state index contributed by atoms with van der Waals surface area (Å²) >= 11 is 5.55. The quantitative estimate of drug-likeness (QED) is 0.744. The van der Waals surface area contributed by atoms with Gasteiger partial charge < -0.3 is 5.32 Å². The van der Waals surface area contributed by atoms with Crippen molar-refractivity contribution in [1.29, 1.82) is 0 Å². The number of carbonyl (C=O) groups is 1. The predicted octanol–water partition coefficient (Wildman–Crippen LogP) is 2.14. The van der Waals surface area contributed by atoms with Crippen LogP contribution in [0.15, 0.2) is 29.0 Å². The highest BCUT2D eigenvalue weighted by molar-refractivity contribution is 14.1.